The van der Waals surface area contributed by atoms with Crippen molar-refractivity contribution in [3.63, 3.8) is 0 Å². The first-order valence-electron chi connectivity index (χ1n) is 9.52. The fourth-order valence-electron chi connectivity index (χ4n) is 5.29. The van der Waals surface area contributed by atoms with Crippen molar-refractivity contribution in [2.45, 2.75) is 51.6 Å². The van der Waals surface area contributed by atoms with Gasteiger partial charge in [-0.25, -0.2) is 4.39 Å². The van der Waals surface area contributed by atoms with E-state index in [9.17, 15) is 4.39 Å². The summed E-state index contributed by atoms with van der Waals surface area (Å²) in [6.07, 6.45) is 1.80. The van der Waals surface area contributed by atoms with Gasteiger partial charge in [-0.3, -0.25) is 4.90 Å². The van der Waals surface area contributed by atoms with Crippen LogP contribution in [0.25, 0.3) is 0 Å². The fourth-order valence-corrected chi connectivity index (χ4v) is 5.29. The van der Waals surface area contributed by atoms with Gasteiger partial charge in [0, 0.05) is 29.1 Å². The normalized spacial score (nSPS) is 27.0. The number of likely N-dealkylation sites (tertiary alicyclic amines) is 1. The number of nitrogens with zero attached hydrogens (tertiary/aromatic N) is 1. The molecule has 0 spiro atoms. The molecule has 0 aromatic heterocycles. The monoisotopic (exact) mass is 353 g/mol. The number of halogens is 1. The lowest BCUT2D eigenvalue weighted by atomic mass is 9.50. The number of methoxy groups -OCH3 is 1. The maximum atomic E-state index is 14.9. The van der Waals surface area contributed by atoms with E-state index >= 15 is 0 Å². The van der Waals surface area contributed by atoms with Crippen LogP contribution in [0.2, 0.25) is 0 Å². The summed E-state index contributed by atoms with van der Waals surface area (Å²) in [5.74, 6) is 0.751. The van der Waals surface area contributed by atoms with Gasteiger partial charge in [-0.15, -0.1) is 0 Å². The van der Waals surface area contributed by atoms with E-state index in [1.807, 2.05) is 0 Å². The number of rotatable bonds is 3. The van der Waals surface area contributed by atoms with Gasteiger partial charge in [-0.05, 0) is 42.5 Å². The van der Waals surface area contributed by atoms with Crippen LogP contribution in [0, 0.1) is 11.2 Å². The fraction of sp³-hybridized carbons (Fsp3) is 0.478. The smallest absolute Gasteiger partial charge is 0.127 e. The van der Waals surface area contributed by atoms with Crippen LogP contribution in [-0.4, -0.2) is 24.6 Å². The topological polar surface area (TPSA) is 12.5 Å². The van der Waals surface area contributed by atoms with Crippen LogP contribution in [0.15, 0.2) is 42.5 Å². The van der Waals surface area contributed by atoms with Crippen LogP contribution < -0.4 is 4.74 Å². The zero-order valence-corrected chi connectivity index (χ0v) is 16.2. The second-order valence-electron chi connectivity index (χ2n) is 8.58. The number of benzene rings is 2. The quantitative estimate of drug-likeness (QED) is 0.774. The highest BCUT2D eigenvalue weighted by Crippen LogP contribution is 2.58. The largest absolute Gasteiger partial charge is 0.496 e. The lowest BCUT2D eigenvalue weighted by Gasteiger charge is -2.61. The average molecular weight is 353 g/mol. The van der Waals surface area contributed by atoms with Crippen molar-refractivity contribution in [2.75, 3.05) is 13.7 Å². The molecule has 3 heteroatoms. The third kappa shape index (κ3) is 2.40. The van der Waals surface area contributed by atoms with Gasteiger partial charge >= 0.3 is 0 Å². The highest BCUT2D eigenvalue weighted by molar-refractivity contribution is 5.50. The summed E-state index contributed by atoms with van der Waals surface area (Å²) < 4.78 is 20.6. The molecule has 1 aliphatic carbocycles. The van der Waals surface area contributed by atoms with Crippen LogP contribution in [0.5, 0.6) is 5.75 Å². The van der Waals surface area contributed by atoms with E-state index < -0.39 is 0 Å². The minimum Gasteiger partial charge on any atom is -0.496 e. The van der Waals surface area contributed by atoms with E-state index in [0.29, 0.717) is 6.04 Å². The Kier molecular flexibility index (Phi) is 4.11. The maximum absolute atomic E-state index is 14.9. The third-order valence-corrected chi connectivity index (χ3v) is 7.21. The summed E-state index contributed by atoms with van der Waals surface area (Å²) in [4.78, 5) is 2.59. The molecule has 0 N–H and O–H groups in total. The highest BCUT2D eigenvalue weighted by atomic mass is 19.1. The number of piperidine rings is 1. The lowest BCUT2D eigenvalue weighted by Crippen LogP contribution is -2.63. The Morgan fingerprint density at radius 3 is 2.54 bits per heavy atom. The van der Waals surface area contributed by atoms with Gasteiger partial charge in [0.15, 0.2) is 0 Å². The third-order valence-electron chi connectivity index (χ3n) is 7.21. The van der Waals surface area contributed by atoms with Gasteiger partial charge in [0.05, 0.1) is 7.11 Å². The first-order valence-corrected chi connectivity index (χ1v) is 9.52. The van der Waals surface area contributed by atoms with Gasteiger partial charge in [0.2, 0.25) is 0 Å². The molecular weight excluding hydrogens is 325 g/mol. The van der Waals surface area contributed by atoms with E-state index in [0.717, 1.165) is 42.8 Å². The van der Waals surface area contributed by atoms with Crippen LogP contribution in [-0.2, 0) is 18.4 Å². The summed E-state index contributed by atoms with van der Waals surface area (Å²) in [5.41, 5.74) is 3.09. The van der Waals surface area contributed by atoms with Crippen LogP contribution in [0.1, 0.15) is 43.9 Å². The van der Waals surface area contributed by atoms with Gasteiger partial charge in [0.1, 0.15) is 11.6 Å². The van der Waals surface area contributed by atoms with Crippen molar-refractivity contribution in [3.05, 3.63) is 65.0 Å². The zero-order valence-electron chi connectivity index (χ0n) is 16.2. The first kappa shape index (κ1) is 17.5. The van der Waals surface area contributed by atoms with E-state index in [-0.39, 0.29) is 16.6 Å². The van der Waals surface area contributed by atoms with Crippen LogP contribution in [0.4, 0.5) is 4.39 Å². The second-order valence-corrected chi connectivity index (χ2v) is 8.58. The summed E-state index contributed by atoms with van der Waals surface area (Å²) in [5, 5.41) is 0. The number of hydrogen-bond donors (Lipinski definition) is 0. The Morgan fingerprint density at radius 1 is 1.12 bits per heavy atom. The molecule has 2 atom stereocenters. The van der Waals surface area contributed by atoms with Crippen LogP contribution >= 0.6 is 0 Å². The molecule has 1 saturated heterocycles. The summed E-state index contributed by atoms with van der Waals surface area (Å²) in [6, 6.07) is 14.4. The van der Waals surface area contributed by atoms with Gasteiger partial charge in [0.25, 0.3) is 0 Å². The minimum absolute atomic E-state index is 0.0137. The predicted octanol–water partition coefficient (Wildman–Crippen LogP) is 4.95. The molecule has 26 heavy (non-hydrogen) atoms. The molecule has 1 heterocycles. The molecule has 0 amide bonds. The Balaban J connectivity index is 1.79. The minimum atomic E-state index is -0.183. The molecule has 2 nitrogen and oxygen atoms in total. The Morgan fingerprint density at radius 2 is 1.85 bits per heavy atom. The zero-order chi connectivity index (χ0) is 18.5. The number of ether oxygens (including phenoxy) is 1. The van der Waals surface area contributed by atoms with Gasteiger partial charge < -0.3 is 4.74 Å². The van der Waals surface area contributed by atoms with Crippen LogP contribution in [0.3, 0.4) is 0 Å². The van der Waals surface area contributed by atoms with Gasteiger partial charge in [-0.2, -0.15) is 0 Å². The summed E-state index contributed by atoms with van der Waals surface area (Å²) >= 11 is 0. The number of hydrogen-bond acceptors (Lipinski definition) is 2. The van der Waals surface area contributed by atoms with E-state index in [2.05, 4.69) is 56.0 Å². The Labute approximate surface area is 156 Å². The standard InChI is InChI=1S/C23H28FNO/c1-22(2)20-14-17-19(26-4)11-10-18(24)21(17)23(22,3)12-13-25(20)15-16-8-6-5-7-9-16/h5-11,20H,12-15H2,1-4H3/t20-,23-/m1/s1. The second kappa shape index (κ2) is 6.09. The molecule has 0 saturated carbocycles. The summed E-state index contributed by atoms with van der Waals surface area (Å²) in [7, 11) is 1.69. The molecule has 2 aromatic carbocycles. The van der Waals surface area contributed by atoms with Crippen molar-refractivity contribution in [2.24, 2.45) is 5.41 Å². The SMILES string of the molecule is COc1ccc(F)c2c1C[C@H]1N(Cc3ccccc3)CC[C@@]2(C)C1(C)C. The van der Waals surface area contributed by atoms with E-state index in [4.69, 9.17) is 4.74 Å². The van der Waals surface area contributed by atoms with Crippen molar-refractivity contribution in [1.82, 2.24) is 4.90 Å². The molecule has 0 unspecified atom stereocenters. The van der Waals surface area contributed by atoms with Crippen molar-refractivity contribution in [3.8, 4) is 5.75 Å². The van der Waals surface area contributed by atoms with Crippen molar-refractivity contribution in [1.29, 1.82) is 0 Å². The first-order chi connectivity index (χ1) is 12.4. The lowest BCUT2D eigenvalue weighted by molar-refractivity contribution is -0.0442. The molecule has 138 valence electrons. The molecule has 0 radical (unpaired) electrons. The maximum Gasteiger partial charge on any atom is 0.127 e. The van der Waals surface area contributed by atoms with E-state index in [1.54, 1.807) is 19.2 Å². The highest BCUT2D eigenvalue weighted by Gasteiger charge is 2.57. The Bertz CT molecular complexity index is 816. The molecule has 2 bridgehead atoms. The molecule has 4 rings (SSSR count). The van der Waals surface area contributed by atoms with E-state index in [1.165, 1.54) is 5.56 Å². The molecule has 1 aliphatic heterocycles. The Hall–Kier alpha value is -1.87. The molecule has 2 aromatic rings. The number of fused-ring (bicyclic) bond motifs is 4. The van der Waals surface area contributed by atoms with Crippen molar-refractivity contribution < 1.29 is 9.13 Å². The van der Waals surface area contributed by atoms with Crippen molar-refractivity contribution >= 4 is 0 Å². The molecule has 2 aliphatic rings. The summed E-state index contributed by atoms with van der Waals surface area (Å²) in [6.45, 7) is 8.82. The van der Waals surface area contributed by atoms with Gasteiger partial charge in [-0.1, -0.05) is 51.1 Å². The molecular formula is C23H28FNO. The molecule has 1 fully saturated rings. The predicted molar refractivity (Wildman–Crippen MR) is 103 cm³/mol. The average Bonchev–Trinajstić information content (AvgIpc) is 2.61.